The molecule has 0 saturated heterocycles. The number of carbonyl (C=O) groups is 1. The van der Waals surface area contributed by atoms with E-state index in [9.17, 15) is 9.90 Å². The Morgan fingerprint density at radius 2 is 1.88 bits per heavy atom. The number of hydrogen-bond acceptors (Lipinski definition) is 3. The lowest BCUT2D eigenvalue weighted by atomic mass is 10.1. The first kappa shape index (κ1) is 22.3. The smallest absolute Gasteiger partial charge is 0.335 e. The van der Waals surface area contributed by atoms with Gasteiger partial charge in [0.1, 0.15) is 0 Å². The molecule has 0 aromatic rings. The lowest BCUT2D eigenvalue weighted by molar-refractivity contribution is -0.157. The molecule has 0 aliphatic rings. The second-order valence-corrected chi connectivity index (χ2v) is 6.07. The average Bonchev–Trinajstić information content (AvgIpc) is 2.54. The topological polar surface area (TPSA) is 46.5 Å². The largest absolute Gasteiger partial charge is 0.461 e. The summed E-state index contributed by atoms with van der Waals surface area (Å²) in [6, 6.07) is 0. The van der Waals surface area contributed by atoms with Crippen molar-refractivity contribution in [2.45, 2.75) is 90.8 Å². The molecule has 0 amide bonds. The molecule has 1 atom stereocenters. The molecule has 3 heteroatoms. The second kappa shape index (κ2) is 16.2. The first-order valence-electron chi connectivity index (χ1n) is 9.09. The van der Waals surface area contributed by atoms with Crippen LogP contribution in [0.25, 0.3) is 0 Å². The summed E-state index contributed by atoms with van der Waals surface area (Å²) in [6.07, 6.45) is 11.5. The van der Waals surface area contributed by atoms with Gasteiger partial charge in [-0.1, -0.05) is 50.5 Å². The van der Waals surface area contributed by atoms with Crippen LogP contribution >= 0.6 is 0 Å². The van der Waals surface area contributed by atoms with Gasteiger partial charge in [-0.25, -0.2) is 4.79 Å². The van der Waals surface area contributed by atoms with Crippen molar-refractivity contribution in [2.24, 2.45) is 0 Å². The minimum Gasteiger partial charge on any atom is -0.461 e. The molecule has 0 aromatic heterocycles. The number of unbranched alkanes of at least 4 members (excludes halogenated alkanes) is 6. The summed E-state index contributed by atoms with van der Waals surface area (Å²) in [6.45, 7) is 5.71. The van der Waals surface area contributed by atoms with Gasteiger partial charge in [-0.05, 0) is 57.4 Å². The van der Waals surface area contributed by atoms with Crippen molar-refractivity contribution < 1.29 is 14.6 Å². The second-order valence-electron chi connectivity index (χ2n) is 6.07. The van der Waals surface area contributed by atoms with Crippen LogP contribution in [-0.2, 0) is 9.53 Å². The number of aliphatic hydroxyl groups excluding tert-OH is 1. The maximum Gasteiger partial charge on any atom is 0.335 e. The maximum absolute atomic E-state index is 11.4. The predicted octanol–water partition coefficient (Wildman–Crippen LogP) is 4.39. The van der Waals surface area contributed by atoms with Crippen LogP contribution in [0.2, 0.25) is 0 Å². The molecule has 3 nitrogen and oxygen atoms in total. The van der Waals surface area contributed by atoms with E-state index in [1.807, 2.05) is 6.08 Å². The van der Waals surface area contributed by atoms with Gasteiger partial charge in [-0.15, -0.1) is 0 Å². The summed E-state index contributed by atoms with van der Waals surface area (Å²) < 4.78 is 4.96. The first-order chi connectivity index (χ1) is 11.6. The SMILES string of the molecule is CCCCC#CC#C/C=C/CCCCCCC(O)C(=O)OC(C)C. The summed E-state index contributed by atoms with van der Waals surface area (Å²) in [5.74, 6) is 11.1. The van der Waals surface area contributed by atoms with E-state index in [4.69, 9.17) is 4.74 Å². The number of carbonyl (C=O) groups excluding carboxylic acids is 1. The average molecular weight is 332 g/mol. The fraction of sp³-hybridized carbons (Fsp3) is 0.667. The molecule has 0 bridgehead atoms. The highest BCUT2D eigenvalue weighted by molar-refractivity contribution is 5.74. The van der Waals surface area contributed by atoms with E-state index in [1.54, 1.807) is 13.8 Å². The third kappa shape index (κ3) is 15.2. The zero-order valence-electron chi connectivity index (χ0n) is 15.4. The van der Waals surface area contributed by atoms with Crippen LogP contribution < -0.4 is 0 Å². The Hall–Kier alpha value is -1.71. The number of hydrogen-bond donors (Lipinski definition) is 1. The molecule has 0 radical (unpaired) electrons. The molecule has 0 aliphatic heterocycles. The van der Waals surface area contributed by atoms with Crippen LogP contribution in [0.4, 0.5) is 0 Å². The van der Waals surface area contributed by atoms with E-state index in [0.717, 1.165) is 44.9 Å². The molecule has 0 aliphatic carbocycles. The van der Waals surface area contributed by atoms with Gasteiger partial charge in [-0.3, -0.25) is 0 Å². The van der Waals surface area contributed by atoms with E-state index in [1.165, 1.54) is 6.42 Å². The van der Waals surface area contributed by atoms with Gasteiger partial charge < -0.3 is 9.84 Å². The van der Waals surface area contributed by atoms with E-state index in [0.29, 0.717) is 6.42 Å². The highest BCUT2D eigenvalue weighted by atomic mass is 16.6. The maximum atomic E-state index is 11.4. The van der Waals surface area contributed by atoms with E-state index in [2.05, 4.69) is 36.7 Å². The Morgan fingerprint density at radius 1 is 1.12 bits per heavy atom. The number of ether oxygens (including phenoxy) is 1. The van der Waals surface area contributed by atoms with Gasteiger partial charge in [0.05, 0.1) is 6.10 Å². The summed E-state index contributed by atoms with van der Waals surface area (Å²) >= 11 is 0. The minimum absolute atomic E-state index is 0.177. The fourth-order valence-corrected chi connectivity index (χ4v) is 1.97. The van der Waals surface area contributed by atoms with E-state index >= 15 is 0 Å². The van der Waals surface area contributed by atoms with Crippen molar-refractivity contribution in [1.29, 1.82) is 0 Å². The molecule has 0 spiro atoms. The Morgan fingerprint density at radius 3 is 2.58 bits per heavy atom. The lowest BCUT2D eigenvalue weighted by Crippen LogP contribution is -2.25. The number of aliphatic hydroxyl groups is 1. The molecule has 0 aromatic carbocycles. The minimum atomic E-state index is -0.985. The van der Waals surface area contributed by atoms with Crippen molar-refractivity contribution in [3.8, 4) is 23.7 Å². The van der Waals surface area contributed by atoms with Crippen molar-refractivity contribution >= 4 is 5.97 Å². The zero-order chi connectivity index (χ0) is 18.0. The van der Waals surface area contributed by atoms with Gasteiger partial charge in [0.2, 0.25) is 0 Å². The normalized spacial score (nSPS) is 11.5. The lowest BCUT2D eigenvalue weighted by Gasteiger charge is -2.12. The molecule has 24 heavy (non-hydrogen) atoms. The Labute approximate surface area is 147 Å². The molecule has 0 saturated carbocycles. The number of esters is 1. The predicted molar refractivity (Wildman–Crippen MR) is 99.2 cm³/mol. The summed E-state index contributed by atoms with van der Waals surface area (Å²) in [7, 11) is 0. The van der Waals surface area contributed by atoms with Crippen molar-refractivity contribution in [3.05, 3.63) is 12.2 Å². The van der Waals surface area contributed by atoms with Crippen LogP contribution in [0.5, 0.6) is 0 Å². The highest BCUT2D eigenvalue weighted by Gasteiger charge is 2.16. The Bertz CT molecular complexity index is 469. The summed E-state index contributed by atoms with van der Waals surface area (Å²) in [5, 5.41) is 9.65. The molecule has 0 fully saturated rings. The molecule has 0 rings (SSSR count). The van der Waals surface area contributed by atoms with Crippen molar-refractivity contribution in [2.75, 3.05) is 0 Å². The van der Waals surface area contributed by atoms with Crippen molar-refractivity contribution in [3.63, 3.8) is 0 Å². The summed E-state index contributed by atoms with van der Waals surface area (Å²) in [5.41, 5.74) is 0. The van der Waals surface area contributed by atoms with Crippen LogP contribution in [0, 0.1) is 23.7 Å². The van der Waals surface area contributed by atoms with Crippen LogP contribution in [-0.4, -0.2) is 23.3 Å². The number of allylic oxidation sites excluding steroid dienone is 2. The molecule has 1 unspecified atom stereocenters. The van der Waals surface area contributed by atoms with Crippen LogP contribution in [0.3, 0.4) is 0 Å². The van der Waals surface area contributed by atoms with Crippen LogP contribution in [0.15, 0.2) is 12.2 Å². The van der Waals surface area contributed by atoms with E-state index < -0.39 is 12.1 Å². The number of rotatable bonds is 11. The third-order valence-electron chi connectivity index (χ3n) is 3.30. The molecule has 134 valence electrons. The molecule has 1 N–H and O–H groups in total. The zero-order valence-corrected chi connectivity index (χ0v) is 15.4. The molecule has 0 heterocycles. The van der Waals surface area contributed by atoms with Gasteiger partial charge in [-0.2, -0.15) is 0 Å². The van der Waals surface area contributed by atoms with Crippen LogP contribution in [0.1, 0.15) is 78.6 Å². The van der Waals surface area contributed by atoms with Gasteiger partial charge in [0.15, 0.2) is 6.10 Å². The molecular weight excluding hydrogens is 300 g/mol. The fourth-order valence-electron chi connectivity index (χ4n) is 1.97. The van der Waals surface area contributed by atoms with Gasteiger partial charge in [0.25, 0.3) is 0 Å². The van der Waals surface area contributed by atoms with Gasteiger partial charge in [0, 0.05) is 6.42 Å². The first-order valence-corrected chi connectivity index (χ1v) is 9.09. The van der Waals surface area contributed by atoms with Crippen molar-refractivity contribution in [1.82, 2.24) is 0 Å². The Balaban J connectivity index is 3.56. The Kier molecular flexibility index (Phi) is 15.0. The third-order valence-corrected chi connectivity index (χ3v) is 3.30. The highest BCUT2D eigenvalue weighted by Crippen LogP contribution is 2.09. The standard InChI is InChI=1S/C21H32O3/c1-4-5-6-7-8-9-10-11-12-13-14-15-16-17-18-20(22)21(23)24-19(2)3/h11-12,19-20,22H,4-6,13-18H2,1-3H3/b12-11+. The molecular formula is C21H32O3. The quantitative estimate of drug-likeness (QED) is 0.347. The van der Waals surface area contributed by atoms with Gasteiger partial charge >= 0.3 is 5.97 Å². The van der Waals surface area contributed by atoms with E-state index in [-0.39, 0.29) is 6.10 Å². The monoisotopic (exact) mass is 332 g/mol. The summed E-state index contributed by atoms with van der Waals surface area (Å²) in [4.78, 5) is 11.4.